The van der Waals surface area contributed by atoms with Crippen LogP contribution in [-0.4, -0.2) is 4.98 Å². The normalized spacial score (nSPS) is 10.8. The summed E-state index contributed by atoms with van der Waals surface area (Å²) in [4.78, 5) is 4.27. The molecule has 86 valence electrons. The molecule has 0 saturated carbocycles. The van der Waals surface area contributed by atoms with E-state index < -0.39 is 0 Å². The average Bonchev–Trinajstić information content (AvgIpc) is 2.95. The Labute approximate surface area is 97.2 Å². The van der Waals surface area contributed by atoms with Crippen molar-refractivity contribution in [3.8, 4) is 0 Å². The lowest BCUT2D eigenvalue weighted by atomic mass is 10.3. The number of nitrogen functional groups attached to an aromatic ring is 1. The van der Waals surface area contributed by atoms with Gasteiger partial charge in [-0.1, -0.05) is 6.07 Å². The summed E-state index contributed by atoms with van der Waals surface area (Å²) in [5, 5.41) is 3.04. The molecule has 0 fully saturated rings. The van der Waals surface area contributed by atoms with Gasteiger partial charge >= 0.3 is 0 Å². The number of para-hydroxylation sites is 1. The molecule has 0 aliphatic carbocycles. The minimum atomic E-state index is 0.439. The van der Waals surface area contributed by atoms with E-state index in [1.165, 1.54) is 0 Å². The van der Waals surface area contributed by atoms with Crippen LogP contribution in [-0.2, 0) is 6.54 Å². The van der Waals surface area contributed by atoms with E-state index in [-0.39, 0.29) is 0 Å². The first kappa shape index (κ1) is 9.77. The van der Waals surface area contributed by atoms with E-state index in [4.69, 9.17) is 14.6 Å². The van der Waals surface area contributed by atoms with Crippen molar-refractivity contribution in [2.24, 2.45) is 0 Å². The van der Waals surface area contributed by atoms with Gasteiger partial charge in [-0.05, 0) is 24.3 Å². The molecule has 0 bridgehead atoms. The molecule has 3 N–H and O–H groups in total. The fraction of sp³-hybridized carbons (Fsp3) is 0.0833. The van der Waals surface area contributed by atoms with Gasteiger partial charge in [0.2, 0.25) is 0 Å². The number of benzene rings is 1. The quantitative estimate of drug-likeness (QED) is 0.675. The van der Waals surface area contributed by atoms with E-state index in [1.807, 2.05) is 24.3 Å². The third-order valence-corrected chi connectivity index (χ3v) is 2.44. The van der Waals surface area contributed by atoms with Gasteiger partial charge in [0, 0.05) is 0 Å². The van der Waals surface area contributed by atoms with Crippen LogP contribution in [0.15, 0.2) is 45.4 Å². The van der Waals surface area contributed by atoms with E-state index in [1.54, 1.807) is 12.3 Å². The summed E-state index contributed by atoms with van der Waals surface area (Å²) in [5.74, 6) is 0.820. The number of hydrogen-bond donors (Lipinski definition) is 2. The van der Waals surface area contributed by atoms with Crippen LogP contribution in [0, 0.1) is 0 Å². The maximum absolute atomic E-state index is 5.79. The number of rotatable bonds is 3. The van der Waals surface area contributed by atoms with Gasteiger partial charge in [-0.3, -0.25) is 0 Å². The highest BCUT2D eigenvalue weighted by atomic mass is 16.4. The Bertz CT molecular complexity index is 628. The lowest BCUT2D eigenvalue weighted by molar-refractivity contribution is 0.513. The molecule has 0 aliphatic heterocycles. The highest BCUT2D eigenvalue weighted by molar-refractivity contribution is 5.86. The summed E-state index contributed by atoms with van der Waals surface area (Å²) in [6.07, 6.45) is 1.63. The zero-order valence-corrected chi connectivity index (χ0v) is 9.01. The van der Waals surface area contributed by atoms with Crippen molar-refractivity contribution in [3.63, 3.8) is 0 Å². The van der Waals surface area contributed by atoms with Crippen LogP contribution in [0.2, 0.25) is 0 Å². The molecule has 2 aromatic heterocycles. The summed E-state index contributed by atoms with van der Waals surface area (Å²) in [6.45, 7) is 0.528. The van der Waals surface area contributed by atoms with E-state index in [0.29, 0.717) is 29.3 Å². The van der Waals surface area contributed by atoms with Crippen LogP contribution in [0.1, 0.15) is 5.76 Å². The number of oxazole rings is 1. The summed E-state index contributed by atoms with van der Waals surface area (Å²) in [5.41, 5.74) is 7.75. The molecular formula is C12H11N3O2. The first-order valence-electron chi connectivity index (χ1n) is 5.24. The Hall–Kier alpha value is -2.43. The van der Waals surface area contributed by atoms with Crippen LogP contribution in [0.25, 0.3) is 11.1 Å². The molecular weight excluding hydrogens is 218 g/mol. The third kappa shape index (κ3) is 1.82. The number of furan rings is 1. The lowest BCUT2D eigenvalue weighted by Gasteiger charge is -1.96. The molecule has 0 radical (unpaired) electrons. The molecule has 17 heavy (non-hydrogen) atoms. The zero-order valence-electron chi connectivity index (χ0n) is 9.01. The lowest BCUT2D eigenvalue weighted by Crippen LogP contribution is -1.97. The fourth-order valence-electron chi connectivity index (χ4n) is 1.62. The van der Waals surface area contributed by atoms with Crippen LogP contribution in [0.3, 0.4) is 0 Å². The molecule has 3 aromatic rings. The molecule has 0 amide bonds. The minimum absolute atomic E-state index is 0.439. The molecule has 2 heterocycles. The van der Waals surface area contributed by atoms with Crippen molar-refractivity contribution in [2.75, 3.05) is 11.1 Å². The van der Waals surface area contributed by atoms with E-state index in [0.717, 1.165) is 5.76 Å². The topological polar surface area (TPSA) is 77.2 Å². The van der Waals surface area contributed by atoms with E-state index in [2.05, 4.69) is 10.3 Å². The zero-order chi connectivity index (χ0) is 11.7. The summed E-state index contributed by atoms with van der Waals surface area (Å²) >= 11 is 0. The van der Waals surface area contributed by atoms with E-state index >= 15 is 0 Å². The van der Waals surface area contributed by atoms with E-state index in [9.17, 15) is 0 Å². The molecule has 0 atom stereocenters. The number of nitrogens with zero attached hydrogens (tertiary/aromatic N) is 1. The summed E-state index contributed by atoms with van der Waals surface area (Å²) in [7, 11) is 0. The minimum Gasteiger partial charge on any atom is -0.467 e. The highest BCUT2D eigenvalue weighted by Gasteiger charge is 2.07. The van der Waals surface area contributed by atoms with Crippen LogP contribution < -0.4 is 11.1 Å². The summed E-state index contributed by atoms with van der Waals surface area (Å²) < 4.78 is 10.7. The molecule has 0 unspecified atom stereocenters. The monoisotopic (exact) mass is 229 g/mol. The summed E-state index contributed by atoms with van der Waals surface area (Å²) in [6, 6.07) is 9.61. The maximum atomic E-state index is 5.79. The smallest absolute Gasteiger partial charge is 0.296 e. The standard InChI is InChI=1S/C12H11N3O2/c13-9-4-1-5-10-11(9)15-12(17-10)14-7-8-3-2-6-16-8/h1-6H,7,13H2,(H,14,15). The van der Waals surface area contributed by atoms with Crippen molar-refractivity contribution in [1.29, 1.82) is 0 Å². The van der Waals surface area contributed by atoms with Gasteiger partial charge in [0.05, 0.1) is 18.5 Å². The number of nitrogens with two attached hydrogens (primary N) is 1. The largest absolute Gasteiger partial charge is 0.467 e. The van der Waals surface area contributed by atoms with Crippen molar-refractivity contribution < 1.29 is 8.83 Å². The van der Waals surface area contributed by atoms with Crippen molar-refractivity contribution in [3.05, 3.63) is 42.4 Å². The Morgan fingerprint density at radius 2 is 2.18 bits per heavy atom. The predicted molar refractivity (Wildman–Crippen MR) is 64.5 cm³/mol. The van der Waals surface area contributed by atoms with Gasteiger partial charge in [0.1, 0.15) is 11.3 Å². The van der Waals surface area contributed by atoms with Crippen molar-refractivity contribution in [2.45, 2.75) is 6.54 Å². The van der Waals surface area contributed by atoms with Gasteiger partial charge in [-0.25, -0.2) is 0 Å². The van der Waals surface area contributed by atoms with Gasteiger partial charge in [-0.15, -0.1) is 0 Å². The first-order chi connectivity index (χ1) is 8.33. The SMILES string of the molecule is Nc1cccc2oc(NCc3ccco3)nc12. The molecule has 5 nitrogen and oxygen atoms in total. The predicted octanol–water partition coefficient (Wildman–Crippen LogP) is 2.62. The Balaban J connectivity index is 1.84. The Morgan fingerprint density at radius 1 is 1.24 bits per heavy atom. The Morgan fingerprint density at radius 3 is 2.94 bits per heavy atom. The second kappa shape index (κ2) is 3.86. The number of aromatic nitrogens is 1. The van der Waals surface area contributed by atoms with Gasteiger partial charge in [0.25, 0.3) is 6.01 Å². The highest BCUT2D eigenvalue weighted by Crippen LogP contribution is 2.23. The van der Waals surface area contributed by atoms with Gasteiger partial charge < -0.3 is 19.9 Å². The molecule has 0 aliphatic rings. The number of anilines is 2. The number of nitrogens with one attached hydrogen (secondary N) is 1. The second-order valence-electron chi connectivity index (χ2n) is 3.65. The molecule has 0 spiro atoms. The fourth-order valence-corrected chi connectivity index (χ4v) is 1.62. The maximum Gasteiger partial charge on any atom is 0.296 e. The van der Waals surface area contributed by atoms with Gasteiger partial charge in [0.15, 0.2) is 5.58 Å². The molecule has 3 rings (SSSR count). The molecule has 5 heteroatoms. The average molecular weight is 229 g/mol. The first-order valence-corrected chi connectivity index (χ1v) is 5.24. The van der Waals surface area contributed by atoms with Crippen LogP contribution in [0.4, 0.5) is 11.7 Å². The van der Waals surface area contributed by atoms with Crippen LogP contribution >= 0.6 is 0 Å². The van der Waals surface area contributed by atoms with Crippen molar-refractivity contribution >= 4 is 22.8 Å². The Kier molecular flexibility index (Phi) is 2.22. The number of fused-ring (bicyclic) bond motifs is 1. The molecule has 0 saturated heterocycles. The van der Waals surface area contributed by atoms with Crippen LogP contribution in [0.5, 0.6) is 0 Å². The van der Waals surface area contributed by atoms with Gasteiger partial charge in [-0.2, -0.15) is 4.98 Å². The number of hydrogen-bond acceptors (Lipinski definition) is 5. The van der Waals surface area contributed by atoms with Crippen molar-refractivity contribution in [1.82, 2.24) is 4.98 Å². The second-order valence-corrected chi connectivity index (χ2v) is 3.65. The molecule has 1 aromatic carbocycles. The third-order valence-electron chi connectivity index (χ3n) is 2.44.